The van der Waals surface area contributed by atoms with Gasteiger partial charge in [0.05, 0.1) is 6.04 Å². The van der Waals surface area contributed by atoms with Crippen LogP contribution in [0.4, 0.5) is 10.5 Å². The van der Waals surface area contributed by atoms with Crippen molar-refractivity contribution >= 4 is 22.7 Å². The molecule has 5 heteroatoms. The normalized spacial score (nSPS) is 20.6. The smallest absolute Gasteiger partial charge is 0.410 e. The highest BCUT2D eigenvalue weighted by Gasteiger charge is 2.35. The maximum absolute atomic E-state index is 12.4. The highest BCUT2D eigenvalue weighted by molar-refractivity contribution is 5.97. The molecule has 0 bridgehead atoms. The fourth-order valence-corrected chi connectivity index (χ4v) is 3.73. The summed E-state index contributed by atoms with van der Waals surface area (Å²) in [6, 6.07) is 6.74. The molecule has 1 aromatic heterocycles. The molecule has 1 N–H and O–H groups in total. The minimum absolute atomic E-state index is 0.199. The number of hydrogen-bond acceptors (Lipinski definition) is 3. The van der Waals surface area contributed by atoms with E-state index in [1.807, 2.05) is 25.7 Å². The van der Waals surface area contributed by atoms with E-state index in [1.54, 1.807) is 0 Å². The molecule has 4 rings (SSSR count). The van der Waals surface area contributed by atoms with Crippen LogP contribution < -0.4 is 4.90 Å². The second kappa shape index (κ2) is 4.91. The largest absolute Gasteiger partial charge is 0.444 e. The van der Waals surface area contributed by atoms with Crippen molar-refractivity contribution in [3.63, 3.8) is 0 Å². The van der Waals surface area contributed by atoms with Crippen LogP contribution in [-0.2, 0) is 11.2 Å². The zero-order chi connectivity index (χ0) is 16.2. The Morgan fingerprint density at radius 1 is 1.30 bits per heavy atom. The number of piperazine rings is 1. The molecule has 2 aliphatic rings. The summed E-state index contributed by atoms with van der Waals surface area (Å²) in [4.78, 5) is 20.0. The molecule has 23 heavy (non-hydrogen) atoms. The minimum atomic E-state index is -0.444. The van der Waals surface area contributed by atoms with Gasteiger partial charge < -0.3 is 19.5 Å². The van der Waals surface area contributed by atoms with Gasteiger partial charge in [0.2, 0.25) is 0 Å². The third-order valence-corrected chi connectivity index (χ3v) is 4.66. The Balaban J connectivity index is 1.58. The molecule has 5 nitrogen and oxygen atoms in total. The SMILES string of the molecule is CC(C)(C)OC(=O)N1CCN2c3cccc4[nH]cc(c34)C[C@H]2C1. The molecular weight excluding hydrogens is 290 g/mol. The van der Waals surface area contributed by atoms with E-state index in [0.717, 1.165) is 19.5 Å². The van der Waals surface area contributed by atoms with Crippen LogP contribution in [-0.4, -0.2) is 47.3 Å². The predicted molar refractivity (Wildman–Crippen MR) is 90.9 cm³/mol. The number of nitrogens with one attached hydrogen (secondary N) is 1. The minimum Gasteiger partial charge on any atom is -0.444 e. The number of amides is 1. The van der Waals surface area contributed by atoms with Gasteiger partial charge >= 0.3 is 6.09 Å². The number of nitrogens with zero attached hydrogens (tertiary/aromatic N) is 2. The Bertz CT molecular complexity index is 759. The van der Waals surface area contributed by atoms with E-state index in [2.05, 4.69) is 34.3 Å². The van der Waals surface area contributed by atoms with Gasteiger partial charge in [-0.2, -0.15) is 0 Å². The molecule has 3 heterocycles. The van der Waals surface area contributed by atoms with Crippen LogP contribution in [0.5, 0.6) is 0 Å². The lowest BCUT2D eigenvalue weighted by atomic mass is 9.94. The molecule has 2 aromatic rings. The fraction of sp³-hybridized carbons (Fsp3) is 0.500. The van der Waals surface area contributed by atoms with E-state index in [1.165, 1.54) is 22.2 Å². The number of fused-ring (bicyclic) bond motifs is 2. The number of ether oxygens (including phenoxy) is 1. The van der Waals surface area contributed by atoms with E-state index in [4.69, 9.17) is 4.74 Å². The van der Waals surface area contributed by atoms with Crippen LogP contribution in [0, 0.1) is 0 Å². The van der Waals surface area contributed by atoms with E-state index in [0.29, 0.717) is 12.6 Å². The lowest BCUT2D eigenvalue weighted by Gasteiger charge is -2.45. The Kier molecular flexibility index (Phi) is 3.08. The molecule has 1 saturated heterocycles. The molecule has 0 unspecified atom stereocenters. The molecule has 2 aliphatic heterocycles. The van der Waals surface area contributed by atoms with Crippen LogP contribution >= 0.6 is 0 Å². The Labute approximate surface area is 136 Å². The lowest BCUT2D eigenvalue weighted by molar-refractivity contribution is 0.0214. The fourth-order valence-electron chi connectivity index (χ4n) is 3.73. The van der Waals surface area contributed by atoms with Crippen molar-refractivity contribution in [3.8, 4) is 0 Å². The third-order valence-electron chi connectivity index (χ3n) is 4.66. The van der Waals surface area contributed by atoms with E-state index in [-0.39, 0.29) is 6.09 Å². The summed E-state index contributed by atoms with van der Waals surface area (Å²) >= 11 is 0. The molecule has 1 atom stereocenters. The Hall–Kier alpha value is -2.17. The first-order valence-electron chi connectivity index (χ1n) is 8.26. The number of anilines is 1. The van der Waals surface area contributed by atoms with Crippen molar-refractivity contribution in [1.82, 2.24) is 9.88 Å². The maximum Gasteiger partial charge on any atom is 0.410 e. The van der Waals surface area contributed by atoms with Crippen molar-refractivity contribution in [3.05, 3.63) is 30.0 Å². The zero-order valence-corrected chi connectivity index (χ0v) is 13.9. The lowest BCUT2D eigenvalue weighted by Crippen LogP contribution is -2.57. The van der Waals surface area contributed by atoms with E-state index in [9.17, 15) is 4.79 Å². The van der Waals surface area contributed by atoms with Crippen molar-refractivity contribution in [2.75, 3.05) is 24.5 Å². The van der Waals surface area contributed by atoms with Gasteiger partial charge in [-0.3, -0.25) is 0 Å². The Morgan fingerprint density at radius 3 is 2.91 bits per heavy atom. The van der Waals surface area contributed by atoms with Gasteiger partial charge in [-0.15, -0.1) is 0 Å². The first kappa shape index (κ1) is 14.4. The van der Waals surface area contributed by atoms with Gasteiger partial charge in [0.1, 0.15) is 5.60 Å². The van der Waals surface area contributed by atoms with Gasteiger partial charge in [0.25, 0.3) is 0 Å². The summed E-state index contributed by atoms with van der Waals surface area (Å²) < 4.78 is 5.53. The first-order chi connectivity index (χ1) is 10.9. The number of carbonyl (C=O) groups excluding carboxylic acids is 1. The van der Waals surface area contributed by atoms with Crippen molar-refractivity contribution < 1.29 is 9.53 Å². The molecule has 0 spiro atoms. The van der Waals surface area contributed by atoms with Crippen LogP contribution in [0.3, 0.4) is 0 Å². The number of H-pyrrole nitrogens is 1. The van der Waals surface area contributed by atoms with Gasteiger partial charge in [-0.1, -0.05) is 6.07 Å². The van der Waals surface area contributed by atoms with E-state index < -0.39 is 5.60 Å². The molecule has 0 saturated carbocycles. The van der Waals surface area contributed by atoms with Crippen molar-refractivity contribution in [2.24, 2.45) is 0 Å². The molecule has 1 fully saturated rings. The molecule has 1 amide bonds. The molecule has 122 valence electrons. The van der Waals surface area contributed by atoms with Gasteiger partial charge in [0, 0.05) is 42.4 Å². The molecular formula is C18H23N3O2. The van der Waals surface area contributed by atoms with Gasteiger partial charge in [-0.25, -0.2) is 4.79 Å². The predicted octanol–water partition coefficient (Wildman–Crippen LogP) is 3.15. The average Bonchev–Trinajstić information content (AvgIpc) is 2.90. The topological polar surface area (TPSA) is 48.6 Å². The Morgan fingerprint density at radius 2 is 2.13 bits per heavy atom. The number of rotatable bonds is 0. The van der Waals surface area contributed by atoms with Crippen LogP contribution in [0.15, 0.2) is 24.4 Å². The summed E-state index contributed by atoms with van der Waals surface area (Å²) in [5, 5.41) is 1.34. The summed E-state index contributed by atoms with van der Waals surface area (Å²) in [5.41, 5.74) is 3.40. The standard InChI is InChI=1S/C18H23N3O2/c1-18(2,3)23-17(22)20-7-8-21-13(11-20)9-12-10-19-14-5-4-6-15(21)16(12)14/h4-6,10,13,19H,7-9,11H2,1-3H3/t13-/m0/s1. The number of benzene rings is 1. The highest BCUT2D eigenvalue weighted by Crippen LogP contribution is 2.37. The summed E-state index contributed by atoms with van der Waals surface area (Å²) in [6.07, 6.45) is 2.88. The van der Waals surface area contributed by atoms with Crippen LogP contribution in [0.2, 0.25) is 0 Å². The number of aromatic nitrogens is 1. The van der Waals surface area contributed by atoms with Crippen molar-refractivity contribution in [2.45, 2.75) is 38.8 Å². The molecule has 0 aliphatic carbocycles. The van der Waals surface area contributed by atoms with Crippen LogP contribution in [0.25, 0.3) is 10.9 Å². The molecule has 0 radical (unpaired) electrons. The second-order valence-electron chi connectivity index (χ2n) is 7.49. The van der Waals surface area contributed by atoms with Crippen molar-refractivity contribution in [1.29, 1.82) is 0 Å². The monoisotopic (exact) mass is 313 g/mol. The quantitative estimate of drug-likeness (QED) is 0.813. The van der Waals surface area contributed by atoms with E-state index >= 15 is 0 Å². The van der Waals surface area contributed by atoms with Gasteiger partial charge in [-0.05, 0) is 44.9 Å². The number of carbonyl (C=O) groups is 1. The third kappa shape index (κ3) is 2.44. The van der Waals surface area contributed by atoms with Crippen LogP contribution in [0.1, 0.15) is 26.3 Å². The maximum atomic E-state index is 12.4. The van der Waals surface area contributed by atoms with Gasteiger partial charge in [0.15, 0.2) is 0 Å². The first-order valence-corrected chi connectivity index (χ1v) is 8.26. The molecule has 1 aromatic carbocycles. The summed E-state index contributed by atoms with van der Waals surface area (Å²) in [5.74, 6) is 0. The summed E-state index contributed by atoms with van der Waals surface area (Å²) in [6.45, 7) is 8.02. The number of hydrogen-bond donors (Lipinski definition) is 1. The zero-order valence-electron chi connectivity index (χ0n) is 13.9. The second-order valence-corrected chi connectivity index (χ2v) is 7.49. The number of aromatic amines is 1. The summed E-state index contributed by atoms with van der Waals surface area (Å²) in [7, 11) is 0. The highest BCUT2D eigenvalue weighted by atomic mass is 16.6. The average molecular weight is 313 g/mol.